The summed E-state index contributed by atoms with van der Waals surface area (Å²) < 4.78 is 2.22. The van der Waals surface area contributed by atoms with E-state index >= 15 is 0 Å². The van der Waals surface area contributed by atoms with Crippen molar-refractivity contribution in [2.75, 3.05) is 37.6 Å². The standard InChI is InChI=1S/C31H30Cl2N4/c32-25-12-8-23(9-13-25)28(24-10-14-26(33)15-11-24)5-3-16-35-18-20-36(21-19-35)29-6-1-7-30-31(29)34-22-27-4-2-17-37(27)30/h1-2,4,6-15,17,22,28H,3,5,16,18-21H2. The van der Waals surface area contributed by atoms with Gasteiger partial charge >= 0.3 is 0 Å². The van der Waals surface area contributed by atoms with E-state index in [9.17, 15) is 0 Å². The minimum absolute atomic E-state index is 0.336. The van der Waals surface area contributed by atoms with Crippen LogP contribution in [0.4, 0.5) is 5.69 Å². The molecule has 3 aromatic carbocycles. The van der Waals surface area contributed by atoms with Gasteiger partial charge in [0.05, 0.1) is 22.9 Å². The van der Waals surface area contributed by atoms with Crippen LogP contribution in [0.5, 0.6) is 0 Å². The van der Waals surface area contributed by atoms with Crippen molar-refractivity contribution in [3.05, 3.63) is 112 Å². The minimum atomic E-state index is 0.336. The summed E-state index contributed by atoms with van der Waals surface area (Å²) in [6, 6.07) is 27.3. The molecule has 37 heavy (non-hydrogen) atoms. The van der Waals surface area contributed by atoms with E-state index in [-0.39, 0.29) is 0 Å². The molecule has 2 aromatic heterocycles. The van der Waals surface area contributed by atoms with Gasteiger partial charge in [0.15, 0.2) is 0 Å². The van der Waals surface area contributed by atoms with Crippen molar-refractivity contribution in [3.63, 3.8) is 0 Å². The molecule has 0 radical (unpaired) electrons. The molecule has 1 aliphatic heterocycles. The van der Waals surface area contributed by atoms with Crippen LogP contribution in [0, 0.1) is 0 Å². The van der Waals surface area contributed by atoms with Gasteiger partial charge in [0.2, 0.25) is 0 Å². The lowest BCUT2D eigenvalue weighted by molar-refractivity contribution is 0.252. The first-order valence-corrected chi connectivity index (χ1v) is 13.7. The lowest BCUT2D eigenvalue weighted by Gasteiger charge is -2.36. The predicted molar refractivity (Wildman–Crippen MR) is 155 cm³/mol. The molecule has 6 rings (SSSR count). The molecule has 5 aromatic rings. The van der Waals surface area contributed by atoms with Crippen LogP contribution in [-0.2, 0) is 0 Å². The SMILES string of the molecule is Clc1ccc(C(CCCN2CCN(c3cccc4c3ncc3cccn34)CC2)c2ccc(Cl)cc2)cc1. The van der Waals surface area contributed by atoms with Gasteiger partial charge in [-0.3, -0.25) is 9.88 Å². The first-order valence-electron chi connectivity index (χ1n) is 13.0. The molecule has 0 amide bonds. The second-order valence-electron chi connectivity index (χ2n) is 9.83. The molecule has 0 spiro atoms. The maximum Gasteiger partial charge on any atom is 0.110 e. The summed E-state index contributed by atoms with van der Waals surface area (Å²) in [4.78, 5) is 9.91. The number of halogens is 2. The van der Waals surface area contributed by atoms with Gasteiger partial charge in [-0.25, -0.2) is 0 Å². The molecule has 1 aliphatic rings. The van der Waals surface area contributed by atoms with Gasteiger partial charge in [-0.05, 0) is 79.0 Å². The van der Waals surface area contributed by atoms with Crippen LogP contribution in [-0.4, -0.2) is 47.0 Å². The highest BCUT2D eigenvalue weighted by Crippen LogP contribution is 2.32. The van der Waals surface area contributed by atoms with E-state index in [1.807, 2.05) is 30.5 Å². The minimum Gasteiger partial charge on any atom is -0.367 e. The van der Waals surface area contributed by atoms with Crippen LogP contribution in [0.3, 0.4) is 0 Å². The number of piperazine rings is 1. The Morgan fingerprint density at radius 1 is 0.757 bits per heavy atom. The van der Waals surface area contributed by atoms with Gasteiger partial charge in [-0.2, -0.15) is 0 Å². The van der Waals surface area contributed by atoms with Crippen molar-refractivity contribution in [2.24, 2.45) is 0 Å². The molecule has 1 saturated heterocycles. The van der Waals surface area contributed by atoms with E-state index in [1.165, 1.54) is 16.8 Å². The average Bonchev–Trinajstić information content (AvgIpc) is 3.42. The van der Waals surface area contributed by atoms with E-state index < -0.39 is 0 Å². The van der Waals surface area contributed by atoms with Crippen molar-refractivity contribution >= 4 is 45.4 Å². The van der Waals surface area contributed by atoms with E-state index in [0.29, 0.717) is 5.92 Å². The highest BCUT2D eigenvalue weighted by molar-refractivity contribution is 6.30. The fourth-order valence-corrected chi connectivity index (χ4v) is 5.85. The Labute approximate surface area is 228 Å². The average molecular weight is 530 g/mol. The number of fused-ring (bicyclic) bond motifs is 3. The fraction of sp³-hybridized carbons (Fsp3) is 0.258. The Morgan fingerprint density at radius 3 is 2.11 bits per heavy atom. The zero-order chi connectivity index (χ0) is 25.2. The molecule has 0 bridgehead atoms. The number of hydrogen-bond acceptors (Lipinski definition) is 3. The van der Waals surface area contributed by atoms with Gasteiger partial charge in [-0.1, -0.05) is 53.5 Å². The Bertz CT molecular complexity index is 1440. The molecule has 0 N–H and O–H groups in total. The first-order chi connectivity index (χ1) is 18.2. The second kappa shape index (κ2) is 10.7. The fourth-order valence-electron chi connectivity index (χ4n) is 5.60. The molecular weight excluding hydrogens is 499 g/mol. The number of para-hydroxylation sites is 1. The molecule has 3 heterocycles. The number of anilines is 1. The van der Waals surface area contributed by atoms with Crippen LogP contribution in [0.1, 0.15) is 29.9 Å². The topological polar surface area (TPSA) is 23.8 Å². The van der Waals surface area contributed by atoms with E-state index in [2.05, 4.69) is 75.0 Å². The van der Waals surface area contributed by atoms with E-state index in [4.69, 9.17) is 28.2 Å². The van der Waals surface area contributed by atoms with Crippen molar-refractivity contribution < 1.29 is 0 Å². The van der Waals surface area contributed by atoms with Crippen LogP contribution < -0.4 is 4.90 Å². The molecular formula is C31H30Cl2N4. The number of benzene rings is 3. The third kappa shape index (κ3) is 5.19. The van der Waals surface area contributed by atoms with Gasteiger partial charge in [0.1, 0.15) is 5.52 Å². The molecule has 0 atom stereocenters. The molecule has 1 fully saturated rings. The van der Waals surface area contributed by atoms with Crippen LogP contribution in [0.15, 0.2) is 91.3 Å². The number of aromatic nitrogens is 2. The van der Waals surface area contributed by atoms with Gasteiger partial charge < -0.3 is 9.30 Å². The zero-order valence-corrected chi connectivity index (χ0v) is 22.2. The lowest BCUT2D eigenvalue weighted by atomic mass is 9.87. The van der Waals surface area contributed by atoms with E-state index in [1.54, 1.807) is 0 Å². The highest BCUT2D eigenvalue weighted by Gasteiger charge is 2.21. The van der Waals surface area contributed by atoms with Crippen molar-refractivity contribution in [1.82, 2.24) is 14.3 Å². The number of nitrogens with zero attached hydrogens (tertiary/aromatic N) is 4. The predicted octanol–water partition coefficient (Wildman–Crippen LogP) is 7.53. The summed E-state index contributed by atoms with van der Waals surface area (Å²) in [5.74, 6) is 0.336. The monoisotopic (exact) mass is 528 g/mol. The Balaban J connectivity index is 1.10. The van der Waals surface area contributed by atoms with Gasteiger partial charge in [-0.15, -0.1) is 0 Å². The number of rotatable bonds is 7. The van der Waals surface area contributed by atoms with Gasteiger partial charge in [0, 0.05) is 48.3 Å². The third-order valence-electron chi connectivity index (χ3n) is 7.58. The molecule has 6 heteroatoms. The third-order valence-corrected chi connectivity index (χ3v) is 8.09. The molecule has 188 valence electrons. The van der Waals surface area contributed by atoms with Gasteiger partial charge in [0.25, 0.3) is 0 Å². The Morgan fingerprint density at radius 2 is 1.43 bits per heavy atom. The Kier molecular flexibility index (Phi) is 7.06. The maximum atomic E-state index is 6.16. The van der Waals surface area contributed by atoms with Crippen LogP contribution >= 0.6 is 23.2 Å². The van der Waals surface area contributed by atoms with Crippen molar-refractivity contribution in [2.45, 2.75) is 18.8 Å². The summed E-state index contributed by atoms with van der Waals surface area (Å²) >= 11 is 12.3. The lowest BCUT2D eigenvalue weighted by Crippen LogP contribution is -2.46. The normalized spacial score (nSPS) is 14.7. The number of hydrogen-bond donors (Lipinski definition) is 0. The first kappa shape index (κ1) is 24.3. The summed E-state index contributed by atoms with van der Waals surface area (Å²) in [5, 5.41) is 1.55. The Hall–Kier alpha value is -3.05. The quantitative estimate of drug-likeness (QED) is 0.218. The van der Waals surface area contributed by atoms with E-state index in [0.717, 1.165) is 72.2 Å². The van der Waals surface area contributed by atoms with Crippen molar-refractivity contribution in [1.29, 1.82) is 0 Å². The summed E-state index contributed by atoms with van der Waals surface area (Å²) in [7, 11) is 0. The molecule has 0 saturated carbocycles. The van der Waals surface area contributed by atoms with Crippen molar-refractivity contribution in [3.8, 4) is 0 Å². The molecule has 0 unspecified atom stereocenters. The molecule has 4 nitrogen and oxygen atoms in total. The summed E-state index contributed by atoms with van der Waals surface area (Å²) in [5.41, 5.74) is 7.21. The smallest absolute Gasteiger partial charge is 0.110 e. The molecule has 0 aliphatic carbocycles. The van der Waals surface area contributed by atoms with Crippen LogP contribution in [0.25, 0.3) is 16.6 Å². The largest absolute Gasteiger partial charge is 0.367 e. The summed E-state index contributed by atoms with van der Waals surface area (Å²) in [6.07, 6.45) is 6.31. The highest BCUT2D eigenvalue weighted by atomic mass is 35.5. The summed E-state index contributed by atoms with van der Waals surface area (Å²) in [6.45, 7) is 5.26. The van der Waals surface area contributed by atoms with Crippen LogP contribution in [0.2, 0.25) is 10.0 Å². The zero-order valence-electron chi connectivity index (χ0n) is 20.7. The second-order valence-corrected chi connectivity index (χ2v) is 10.7. The maximum absolute atomic E-state index is 6.16.